The lowest BCUT2D eigenvalue weighted by Gasteiger charge is -2.10. The number of rotatable bonds is 2. The molecule has 0 bridgehead atoms. The second kappa shape index (κ2) is 3.00. The minimum atomic E-state index is 0.735. The summed E-state index contributed by atoms with van der Waals surface area (Å²) >= 11 is 0. The van der Waals surface area contributed by atoms with Gasteiger partial charge in [0, 0.05) is 6.54 Å². The van der Waals surface area contributed by atoms with Gasteiger partial charge in [0.1, 0.15) is 5.34 Å². The van der Waals surface area contributed by atoms with Crippen molar-refractivity contribution in [2.24, 2.45) is 0 Å². The van der Waals surface area contributed by atoms with Crippen LogP contribution < -0.4 is 15.1 Å². The topological polar surface area (TPSA) is 33.7 Å². The molecule has 12 heavy (non-hydrogen) atoms. The predicted octanol–water partition coefficient (Wildman–Crippen LogP) is 1.11. The van der Waals surface area contributed by atoms with E-state index in [1.54, 1.807) is 0 Å². The second-order valence-corrected chi connectivity index (χ2v) is 2.40. The molecule has 0 amide bonds. The van der Waals surface area contributed by atoms with Crippen molar-refractivity contribution < 1.29 is 9.68 Å². The van der Waals surface area contributed by atoms with Crippen LogP contribution in [0.3, 0.4) is 0 Å². The van der Waals surface area contributed by atoms with Crippen LogP contribution in [0.15, 0.2) is 24.3 Å². The largest absolute Gasteiger partial charge is 0.354 e. The molecule has 4 heteroatoms. The van der Waals surface area contributed by atoms with Crippen LogP contribution in [-0.4, -0.2) is 11.9 Å². The summed E-state index contributed by atoms with van der Waals surface area (Å²) in [5, 5.41) is 1.25. The highest BCUT2D eigenvalue weighted by atomic mass is 17.0. The molecular formula is C8H10N2O2. The maximum Gasteiger partial charge on any atom is 0.197 e. The van der Waals surface area contributed by atoms with E-state index in [2.05, 4.69) is 5.43 Å². The zero-order chi connectivity index (χ0) is 8.39. The summed E-state index contributed by atoms with van der Waals surface area (Å²) in [4.78, 5) is 10.5. The summed E-state index contributed by atoms with van der Waals surface area (Å²) in [6, 6.07) is 7.51. The van der Waals surface area contributed by atoms with Crippen LogP contribution in [0.2, 0.25) is 0 Å². The average molecular weight is 166 g/mol. The Morgan fingerprint density at radius 3 is 2.33 bits per heavy atom. The molecule has 0 spiro atoms. The molecular weight excluding hydrogens is 156 g/mol. The smallest absolute Gasteiger partial charge is 0.197 e. The fourth-order valence-electron chi connectivity index (χ4n) is 0.992. The molecule has 1 heterocycles. The highest BCUT2D eigenvalue weighted by Gasteiger charge is 2.20. The molecule has 0 saturated carbocycles. The maximum atomic E-state index is 5.25. The van der Waals surface area contributed by atoms with Crippen LogP contribution in [-0.2, 0) is 0 Å². The summed E-state index contributed by atoms with van der Waals surface area (Å²) in [6.07, 6.45) is 0. The van der Waals surface area contributed by atoms with Crippen LogP contribution in [0.25, 0.3) is 0 Å². The molecule has 1 aliphatic heterocycles. The molecule has 0 aliphatic carbocycles. The van der Waals surface area contributed by atoms with Crippen LogP contribution in [0.1, 0.15) is 6.92 Å². The maximum absolute atomic E-state index is 5.25. The van der Waals surface area contributed by atoms with E-state index < -0.39 is 0 Å². The highest BCUT2D eigenvalue weighted by Crippen LogP contribution is 2.31. The monoisotopic (exact) mass is 166 g/mol. The molecule has 2 rings (SSSR count). The zero-order valence-corrected chi connectivity index (χ0v) is 6.78. The van der Waals surface area contributed by atoms with Gasteiger partial charge in [-0.1, -0.05) is 19.1 Å². The number of hydrogen-bond acceptors (Lipinski definition) is 4. The van der Waals surface area contributed by atoms with E-state index in [0.717, 1.165) is 18.0 Å². The summed E-state index contributed by atoms with van der Waals surface area (Å²) in [5.41, 5.74) is 2.88. The third kappa shape index (κ3) is 1.22. The van der Waals surface area contributed by atoms with Crippen molar-refractivity contribution in [2.75, 3.05) is 6.54 Å². The van der Waals surface area contributed by atoms with Gasteiger partial charge < -0.3 is 9.68 Å². The lowest BCUT2D eigenvalue weighted by molar-refractivity contribution is -0.264. The number of para-hydroxylation sites is 2. The molecule has 1 aromatic rings. The summed E-state index contributed by atoms with van der Waals surface area (Å²) in [5.74, 6) is 1.47. The van der Waals surface area contributed by atoms with Crippen molar-refractivity contribution in [1.29, 1.82) is 0 Å². The first-order valence-corrected chi connectivity index (χ1v) is 3.89. The highest BCUT2D eigenvalue weighted by molar-refractivity contribution is 5.40. The molecule has 1 aromatic carbocycles. The molecule has 0 unspecified atom stereocenters. The van der Waals surface area contributed by atoms with E-state index in [1.807, 2.05) is 31.2 Å². The zero-order valence-electron chi connectivity index (χ0n) is 6.78. The van der Waals surface area contributed by atoms with E-state index in [9.17, 15) is 0 Å². The van der Waals surface area contributed by atoms with E-state index in [4.69, 9.17) is 9.68 Å². The molecule has 0 radical (unpaired) electrons. The number of nitrogens with one attached hydrogen (secondary N) is 1. The van der Waals surface area contributed by atoms with E-state index in [1.165, 1.54) is 5.34 Å². The minimum absolute atomic E-state index is 0.735. The van der Waals surface area contributed by atoms with Crippen LogP contribution in [0.5, 0.6) is 11.5 Å². The van der Waals surface area contributed by atoms with Crippen molar-refractivity contribution in [1.82, 2.24) is 10.8 Å². The van der Waals surface area contributed by atoms with Gasteiger partial charge in [-0.05, 0) is 12.1 Å². The molecule has 0 aromatic heterocycles. The van der Waals surface area contributed by atoms with Gasteiger partial charge in [0.2, 0.25) is 0 Å². The number of benzene rings is 1. The van der Waals surface area contributed by atoms with Gasteiger partial charge in [-0.2, -0.15) is 5.43 Å². The molecule has 64 valence electrons. The predicted molar refractivity (Wildman–Crippen MR) is 43.2 cm³/mol. The van der Waals surface area contributed by atoms with Crippen LogP contribution in [0, 0.1) is 0 Å². The van der Waals surface area contributed by atoms with Gasteiger partial charge >= 0.3 is 0 Å². The van der Waals surface area contributed by atoms with Crippen LogP contribution >= 0.6 is 0 Å². The Morgan fingerprint density at radius 2 is 1.83 bits per heavy atom. The molecule has 4 nitrogen and oxygen atoms in total. The van der Waals surface area contributed by atoms with Gasteiger partial charge in [0.25, 0.3) is 0 Å². The molecule has 0 atom stereocenters. The van der Waals surface area contributed by atoms with Crippen LogP contribution in [0.4, 0.5) is 0 Å². The quantitative estimate of drug-likeness (QED) is 0.713. The Morgan fingerprint density at radius 1 is 1.25 bits per heavy atom. The third-order valence-electron chi connectivity index (χ3n) is 1.50. The first-order valence-electron chi connectivity index (χ1n) is 3.89. The van der Waals surface area contributed by atoms with Crippen molar-refractivity contribution >= 4 is 0 Å². The number of nitrogens with zero attached hydrogens (tertiary/aromatic N) is 1. The first kappa shape index (κ1) is 7.39. The van der Waals surface area contributed by atoms with Crippen molar-refractivity contribution in [3.05, 3.63) is 24.3 Å². The minimum Gasteiger partial charge on any atom is -0.354 e. The lowest BCUT2D eigenvalue weighted by Crippen LogP contribution is -2.39. The van der Waals surface area contributed by atoms with E-state index in [0.29, 0.717) is 0 Å². The molecule has 0 fully saturated rings. The van der Waals surface area contributed by atoms with Crippen molar-refractivity contribution in [3.63, 3.8) is 0 Å². The van der Waals surface area contributed by atoms with Crippen molar-refractivity contribution in [2.45, 2.75) is 6.92 Å². The molecule has 0 saturated heterocycles. The van der Waals surface area contributed by atoms with Gasteiger partial charge in [0.15, 0.2) is 11.5 Å². The second-order valence-electron chi connectivity index (χ2n) is 2.40. The SMILES string of the molecule is CCNN1Oc2ccccc2O1. The Balaban J connectivity index is 2.11. The van der Waals surface area contributed by atoms with E-state index >= 15 is 0 Å². The summed E-state index contributed by atoms with van der Waals surface area (Å²) in [6.45, 7) is 2.73. The molecule has 1 aliphatic rings. The Kier molecular flexibility index (Phi) is 1.85. The fourth-order valence-corrected chi connectivity index (χ4v) is 0.992. The normalized spacial score (nSPS) is 15.1. The number of fused-ring (bicyclic) bond motifs is 1. The molecule has 1 N–H and O–H groups in total. The van der Waals surface area contributed by atoms with Gasteiger partial charge in [-0.25, -0.2) is 0 Å². The van der Waals surface area contributed by atoms with Gasteiger partial charge in [-0.3, -0.25) is 0 Å². The average Bonchev–Trinajstić information content (AvgIpc) is 2.47. The van der Waals surface area contributed by atoms with Gasteiger partial charge in [0.05, 0.1) is 0 Å². The Hall–Kier alpha value is -1.26. The standard InChI is InChI=1S/C8H10N2O2/c1-2-9-10-11-7-5-3-4-6-8(7)12-10/h3-6,9H,2H2,1H3. The Bertz CT molecular complexity index is 253. The Labute approximate surface area is 70.6 Å². The number of hydrogen-bond donors (Lipinski definition) is 1. The summed E-state index contributed by atoms with van der Waals surface area (Å²) in [7, 11) is 0. The van der Waals surface area contributed by atoms with Gasteiger partial charge in [-0.15, -0.1) is 0 Å². The van der Waals surface area contributed by atoms with Crippen molar-refractivity contribution in [3.8, 4) is 11.5 Å². The fraction of sp³-hybridized carbons (Fsp3) is 0.250. The lowest BCUT2D eigenvalue weighted by atomic mass is 10.3. The summed E-state index contributed by atoms with van der Waals surface area (Å²) < 4.78 is 0. The first-order chi connectivity index (χ1) is 5.90. The van der Waals surface area contributed by atoms with E-state index in [-0.39, 0.29) is 0 Å². The number of hydrazine groups is 1. The third-order valence-corrected chi connectivity index (χ3v) is 1.50.